The van der Waals surface area contributed by atoms with E-state index in [0.717, 1.165) is 12.1 Å². The smallest absolute Gasteiger partial charge is 0.243 e. The summed E-state index contributed by atoms with van der Waals surface area (Å²) >= 11 is 0. The van der Waals surface area contributed by atoms with Crippen LogP contribution in [0.1, 0.15) is 13.8 Å². The highest BCUT2D eigenvalue weighted by molar-refractivity contribution is 7.89. The lowest BCUT2D eigenvalue weighted by atomic mass is 10.2. The standard InChI is InChI=1S/C12H18FNO4S/c1-8(2)7-14-19(15,16)12-6-11(18-4)10(17-3)5-9(12)13/h5-6,8,14H,7H2,1-4H3. The molecule has 0 aliphatic heterocycles. The maximum Gasteiger partial charge on any atom is 0.243 e. The monoisotopic (exact) mass is 291 g/mol. The van der Waals surface area contributed by atoms with Crippen LogP contribution in [0.15, 0.2) is 17.0 Å². The Kier molecular flexibility index (Phi) is 5.13. The van der Waals surface area contributed by atoms with Crippen LogP contribution in [-0.2, 0) is 10.0 Å². The first kappa shape index (κ1) is 15.7. The fourth-order valence-corrected chi connectivity index (χ4v) is 2.68. The van der Waals surface area contributed by atoms with Gasteiger partial charge in [-0.2, -0.15) is 0 Å². The zero-order chi connectivity index (χ0) is 14.6. The molecule has 0 aliphatic carbocycles. The lowest BCUT2D eigenvalue weighted by Gasteiger charge is -2.13. The van der Waals surface area contributed by atoms with E-state index in [-0.39, 0.29) is 24.0 Å². The summed E-state index contributed by atoms with van der Waals surface area (Å²) in [5.41, 5.74) is 0. The highest BCUT2D eigenvalue weighted by Crippen LogP contribution is 2.31. The van der Waals surface area contributed by atoms with Crippen molar-refractivity contribution in [3.63, 3.8) is 0 Å². The molecule has 0 atom stereocenters. The van der Waals surface area contributed by atoms with E-state index < -0.39 is 20.7 Å². The second kappa shape index (κ2) is 6.21. The van der Waals surface area contributed by atoms with Crippen molar-refractivity contribution in [3.05, 3.63) is 17.9 Å². The van der Waals surface area contributed by atoms with Gasteiger partial charge in [0.2, 0.25) is 10.0 Å². The number of methoxy groups -OCH3 is 2. The van der Waals surface area contributed by atoms with Crippen LogP contribution in [0.4, 0.5) is 4.39 Å². The van der Waals surface area contributed by atoms with Gasteiger partial charge in [0, 0.05) is 18.7 Å². The molecular formula is C12H18FNO4S. The van der Waals surface area contributed by atoms with Gasteiger partial charge in [-0.3, -0.25) is 0 Å². The lowest BCUT2D eigenvalue weighted by molar-refractivity contribution is 0.350. The molecule has 0 unspecified atom stereocenters. The van der Waals surface area contributed by atoms with Gasteiger partial charge in [-0.1, -0.05) is 13.8 Å². The van der Waals surface area contributed by atoms with Gasteiger partial charge in [0.05, 0.1) is 14.2 Å². The zero-order valence-electron chi connectivity index (χ0n) is 11.4. The largest absolute Gasteiger partial charge is 0.493 e. The van der Waals surface area contributed by atoms with E-state index in [1.54, 1.807) is 0 Å². The molecule has 0 heterocycles. The van der Waals surface area contributed by atoms with E-state index in [9.17, 15) is 12.8 Å². The molecule has 0 fully saturated rings. The normalized spacial score (nSPS) is 11.7. The summed E-state index contributed by atoms with van der Waals surface area (Å²) < 4.78 is 50.0. The number of ether oxygens (including phenoxy) is 2. The van der Waals surface area contributed by atoms with Crippen molar-refractivity contribution in [1.29, 1.82) is 0 Å². The van der Waals surface area contributed by atoms with Crippen LogP contribution in [0.2, 0.25) is 0 Å². The molecule has 0 amide bonds. The Labute approximate surface area is 112 Å². The molecule has 5 nitrogen and oxygen atoms in total. The molecule has 0 aromatic heterocycles. The van der Waals surface area contributed by atoms with Gasteiger partial charge in [-0.25, -0.2) is 17.5 Å². The van der Waals surface area contributed by atoms with Gasteiger partial charge in [0.15, 0.2) is 11.5 Å². The van der Waals surface area contributed by atoms with Crippen molar-refractivity contribution >= 4 is 10.0 Å². The third-order valence-electron chi connectivity index (χ3n) is 2.41. The minimum atomic E-state index is -3.90. The van der Waals surface area contributed by atoms with Crippen LogP contribution in [0.5, 0.6) is 11.5 Å². The Morgan fingerprint density at radius 2 is 1.74 bits per heavy atom. The highest BCUT2D eigenvalue weighted by atomic mass is 32.2. The van der Waals surface area contributed by atoms with Crippen molar-refractivity contribution in [3.8, 4) is 11.5 Å². The number of hydrogen-bond acceptors (Lipinski definition) is 4. The number of benzene rings is 1. The van der Waals surface area contributed by atoms with Crippen molar-refractivity contribution < 1.29 is 22.3 Å². The number of sulfonamides is 1. The minimum absolute atomic E-state index is 0.123. The third-order valence-corrected chi connectivity index (χ3v) is 3.85. The molecule has 1 aromatic rings. The first-order valence-electron chi connectivity index (χ1n) is 5.73. The fourth-order valence-electron chi connectivity index (χ4n) is 1.40. The third kappa shape index (κ3) is 3.81. The summed E-state index contributed by atoms with van der Waals surface area (Å²) in [6.45, 7) is 3.94. The second-order valence-corrected chi connectivity index (χ2v) is 6.12. The van der Waals surface area contributed by atoms with Crippen LogP contribution in [0.25, 0.3) is 0 Å². The van der Waals surface area contributed by atoms with Gasteiger partial charge in [0.25, 0.3) is 0 Å². The molecule has 108 valence electrons. The van der Waals surface area contributed by atoms with Crippen molar-refractivity contribution in [2.75, 3.05) is 20.8 Å². The van der Waals surface area contributed by atoms with Crippen LogP contribution < -0.4 is 14.2 Å². The molecular weight excluding hydrogens is 273 g/mol. The van der Waals surface area contributed by atoms with Crippen molar-refractivity contribution in [1.82, 2.24) is 4.72 Å². The summed E-state index contributed by atoms with van der Waals surface area (Å²) in [7, 11) is -1.20. The van der Waals surface area contributed by atoms with Gasteiger partial charge in [-0.15, -0.1) is 0 Å². The summed E-state index contributed by atoms with van der Waals surface area (Å²) in [5.74, 6) is -0.455. The van der Waals surface area contributed by atoms with Gasteiger partial charge in [-0.05, 0) is 5.92 Å². The molecule has 1 aromatic carbocycles. The van der Waals surface area contributed by atoms with E-state index in [4.69, 9.17) is 9.47 Å². The molecule has 0 radical (unpaired) electrons. The molecule has 0 saturated carbocycles. The topological polar surface area (TPSA) is 64.6 Å². The predicted molar refractivity (Wildman–Crippen MR) is 69.5 cm³/mol. The first-order valence-corrected chi connectivity index (χ1v) is 7.21. The van der Waals surface area contributed by atoms with Crippen LogP contribution in [0.3, 0.4) is 0 Å². The van der Waals surface area contributed by atoms with E-state index >= 15 is 0 Å². The maximum atomic E-state index is 13.8. The molecule has 19 heavy (non-hydrogen) atoms. The SMILES string of the molecule is COc1cc(F)c(S(=O)(=O)NCC(C)C)cc1OC. The summed E-state index contributed by atoms with van der Waals surface area (Å²) in [5, 5.41) is 0. The number of halogens is 1. The lowest BCUT2D eigenvalue weighted by Crippen LogP contribution is -2.28. The zero-order valence-corrected chi connectivity index (χ0v) is 12.2. The van der Waals surface area contributed by atoms with E-state index in [2.05, 4.69) is 4.72 Å². The number of hydrogen-bond donors (Lipinski definition) is 1. The summed E-state index contributed by atoms with van der Waals surface area (Å²) in [6.07, 6.45) is 0. The molecule has 0 saturated heterocycles. The Morgan fingerprint density at radius 3 is 2.21 bits per heavy atom. The van der Waals surface area contributed by atoms with E-state index in [0.29, 0.717) is 0 Å². The molecule has 1 N–H and O–H groups in total. The van der Waals surface area contributed by atoms with E-state index in [1.165, 1.54) is 14.2 Å². The summed E-state index contributed by atoms with van der Waals surface area (Å²) in [4.78, 5) is -0.453. The predicted octanol–water partition coefficient (Wildman–Crippen LogP) is 1.78. The molecule has 0 aliphatic rings. The number of nitrogens with one attached hydrogen (secondary N) is 1. The van der Waals surface area contributed by atoms with Crippen molar-refractivity contribution in [2.45, 2.75) is 18.7 Å². The Bertz CT molecular complexity index is 543. The summed E-state index contributed by atoms with van der Waals surface area (Å²) in [6, 6.07) is 2.10. The molecule has 7 heteroatoms. The Balaban J connectivity index is 3.19. The Hall–Kier alpha value is -1.34. The van der Waals surface area contributed by atoms with E-state index in [1.807, 2.05) is 13.8 Å². The van der Waals surface area contributed by atoms with Crippen molar-refractivity contribution in [2.24, 2.45) is 5.92 Å². The van der Waals surface area contributed by atoms with Crippen LogP contribution >= 0.6 is 0 Å². The quantitative estimate of drug-likeness (QED) is 0.867. The Morgan fingerprint density at radius 1 is 1.21 bits per heavy atom. The molecule has 1 rings (SSSR count). The van der Waals surface area contributed by atoms with Gasteiger partial charge in [0.1, 0.15) is 10.7 Å². The van der Waals surface area contributed by atoms with Crippen LogP contribution in [-0.4, -0.2) is 29.2 Å². The van der Waals surface area contributed by atoms with Gasteiger partial charge < -0.3 is 9.47 Å². The first-order chi connectivity index (χ1) is 8.81. The van der Waals surface area contributed by atoms with Crippen LogP contribution in [0, 0.1) is 11.7 Å². The average Bonchev–Trinajstić information content (AvgIpc) is 2.35. The fraction of sp³-hybridized carbons (Fsp3) is 0.500. The minimum Gasteiger partial charge on any atom is -0.493 e. The molecule has 0 spiro atoms. The highest BCUT2D eigenvalue weighted by Gasteiger charge is 2.22. The molecule has 0 bridgehead atoms. The second-order valence-electron chi connectivity index (χ2n) is 4.38. The number of rotatable bonds is 6. The average molecular weight is 291 g/mol. The van der Waals surface area contributed by atoms with Gasteiger partial charge >= 0.3 is 0 Å². The maximum absolute atomic E-state index is 13.8.